The molecule has 0 amide bonds. The SMILES string of the molecule is Cc1ccc(C(CN2CCOCC2)NS(=O)(=O)c2c(C)cc(C)cc2C)cc1. The van der Waals surface area contributed by atoms with Crippen molar-refractivity contribution in [1.29, 1.82) is 0 Å². The van der Waals surface area contributed by atoms with E-state index in [1.54, 1.807) is 0 Å². The molecule has 0 saturated carbocycles. The molecule has 5 nitrogen and oxygen atoms in total. The number of sulfonamides is 1. The van der Waals surface area contributed by atoms with Gasteiger partial charge in [0.1, 0.15) is 0 Å². The molecule has 3 rings (SSSR count). The Morgan fingerprint density at radius 3 is 2.11 bits per heavy atom. The van der Waals surface area contributed by atoms with Gasteiger partial charge in [0.2, 0.25) is 10.0 Å². The molecule has 152 valence electrons. The number of rotatable bonds is 6. The Morgan fingerprint density at radius 1 is 0.964 bits per heavy atom. The predicted octanol–water partition coefficient (Wildman–Crippen LogP) is 3.27. The Kier molecular flexibility index (Phi) is 6.55. The Labute approximate surface area is 168 Å². The summed E-state index contributed by atoms with van der Waals surface area (Å²) in [6.45, 7) is 11.3. The third kappa shape index (κ3) is 5.00. The summed E-state index contributed by atoms with van der Waals surface area (Å²) < 4.78 is 35.1. The maximum absolute atomic E-state index is 13.3. The van der Waals surface area contributed by atoms with Gasteiger partial charge in [-0.15, -0.1) is 0 Å². The van der Waals surface area contributed by atoms with Crippen LogP contribution in [0, 0.1) is 27.7 Å². The normalized spacial score (nSPS) is 16.9. The molecule has 1 fully saturated rings. The van der Waals surface area contributed by atoms with E-state index >= 15 is 0 Å². The van der Waals surface area contributed by atoms with Crippen molar-refractivity contribution >= 4 is 10.0 Å². The maximum atomic E-state index is 13.3. The van der Waals surface area contributed by atoms with Crippen LogP contribution in [0.2, 0.25) is 0 Å². The van der Waals surface area contributed by atoms with Crippen molar-refractivity contribution in [2.45, 2.75) is 38.6 Å². The molecule has 0 spiro atoms. The molecule has 0 aliphatic carbocycles. The molecule has 1 aliphatic heterocycles. The number of hydrogen-bond acceptors (Lipinski definition) is 4. The molecule has 28 heavy (non-hydrogen) atoms. The van der Waals surface area contributed by atoms with E-state index in [-0.39, 0.29) is 6.04 Å². The fourth-order valence-electron chi connectivity index (χ4n) is 3.89. The first-order valence-electron chi connectivity index (χ1n) is 9.73. The average molecular weight is 403 g/mol. The molecule has 0 aromatic heterocycles. The van der Waals surface area contributed by atoms with Crippen LogP contribution in [0.4, 0.5) is 0 Å². The second kappa shape index (κ2) is 8.74. The Hall–Kier alpha value is -1.73. The third-order valence-corrected chi connectivity index (χ3v) is 6.97. The zero-order valence-electron chi connectivity index (χ0n) is 17.2. The minimum absolute atomic E-state index is 0.316. The fraction of sp³-hybridized carbons (Fsp3) is 0.455. The first kappa shape index (κ1) is 21.0. The Morgan fingerprint density at radius 2 is 1.54 bits per heavy atom. The number of hydrogen-bond donors (Lipinski definition) is 1. The lowest BCUT2D eigenvalue weighted by atomic mass is 10.1. The van der Waals surface area contributed by atoms with Gasteiger partial charge in [-0.2, -0.15) is 0 Å². The minimum atomic E-state index is -3.65. The first-order chi connectivity index (χ1) is 13.3. The van der Waals surface area contributed by atoms with Crippen LogP contribution < -0.4 is 4.72 Å². The highest BCUT2D eigenvalue weighted by molar-refractivity contribution is 7.89. The zero-order valence-corrected chi connectivity index (χ0v) is 18.0. The van der Waals surface area contributed by atoms with Gasteiger partial charge in [-0.05, 0) is 44.4 Å². The van der Waals surface area contributed by atoms with Gasteiger partial charge in [0.05, 0.1) is 24.2 Å². The van der Waals surface area contributed by atoms with Crippen molar-refractivity contribution in [2.75, 3.05) is 32.8 Å². The molecule has 0 bridgehead atoms. The van der Waals surface area contributed by atoms with Crippen LogP contribution in [0.15, 0.2) is 41.3 Å². The van der Waals surface area contributed by atoms with Crippen molar-refractivity contribution in [3.05, 3.63) is 64.2 Å². The van der Waals surface area contributed by atoms with Crippen molar-refractivity contribution in [3.8, 4) is 0 Å². The van der Waals surface area contributed by atoms with Crippen LogP contribution in [-0.4, -0.2) is 46.2 Å². The minimum Gasteiger partial charge on any atom is -0.379 e. The predicted molar refractivity (Wildman–Crippen MR) is 112 cm³/mol. The van der Waals surface area contributed by atoms with Crippen molar-refractivity contribution in [1.82, 2.24) is 9.62 Å². The number of aryl methyl sites for hydroxylation is 4. The molecule has 2 aromatic rings. The molecule has 1 N–H and O–H groups in total. The average Bonchev–Trinajstić information content (AvgIpc) is 2.61. The van der Waals surface area contributed by atoms with E-state index < -0.39 is 10.0 Å². The molecular formula is C22H30N2O3S. The molecule has 1 heterocycles. The summed E-state index contributed by atoms with van der Waals surface area (Å²) in [6, 6.07) is 11.6. The molecular weight excluding hydrogens is 372 g/mol. The largest absolute Gasteiger partial charge is 0.379 e. The third-order valence-electron chi connectivity index (χ3n) is 5.20. The van der Waals surface area contributed by atoms with E-state index in [4.69, 9.17) is 4.74 Å². The lowest BCUT2D eigenvalue weighted by molar-refractivity contribution is 0.0345. The van der Waals surface area contributed by atoms with E-state index in [2.05, 4.69) is 9.62 Å². The van der Waals surface area contributed by atoms with Gasteiger partial charge < -0.3 is 4.74 Å². The highest BCUT2D eigenvalue weighted by Gasteiger charge is 2.26. The fourth-order valence-corrected chi connectivity index (χ4v) is 5.56. The number of morpholine rings is 1. The highest BCUT2D eigenvalue weighted by atomic mass is 32.2. The van der Waals surface area contributed by atoms with Crippen molar-refractivity contribution in [2.24, 2.45) is 0 Å². The molecule has 1 saturated heterocycles. The van der Waals surface area contributed by atoms with E-state index in [1.165, 1.54) is 0 Å². The smallest absolute Gasteiger partial charge is 0.241 e. The number of nitrogens with one attached hydrogen (secondary N) is 1. The van der Waals surface area contributed by atoms with Gasteiger partial charge >= 0.3 is 0 Å². The summed E-state index contributed by atoms with van der Waals surface area (Å²) in [5, 5.41) is 0. The highest BCUT2D eigenvalue weighted by Crippen LogP contribution is 2.25. The van der Waals surface area contributed by atoms with E-state index in [0.29, 0.717) is 24.7 Å². The van der Waals surface area contributed by atoms with Gasteiger partial charge in [-0.1, -0.05) is 47.5 Å². The van der Waals surface area contributed by atoms with Crippen LogP contribution in [-0.2, 0) is 14.8 Å². The molecule has 1 aliphatic rings. The lowest BCUT2D eigenvalue weighted by Gasteiger charge is -2.31. The van der Waals surface area contributed by atoms with E-state index in [0.717, 1.165) is 40.9 Å². The Bertz CT molecular complexity index is 894. The summed E-state index contributed by atoms with van der Waals surface area (Å²) in [5.41, 5.74) is 4.75. The summed E-state index contributed by atoms with van der Waals surface area (Å²) in [4.78, 5) is 2.64. The zero-order chi connectivity index (χ0) is 20.3. The molecule has 1 atom stereocenters. The van der Waals surface area contributed by atoms with Gasteiger partial charge in [-0.25, -0.2) is 13.1 Å². The van der Waals surface area contributed by atoms with Gasteiger partial charge in [0.15, 0.2) is 0 Å². The van der Waals surface area contributed by atoms with Crippen LogP contribution in [0.5, 0.6) is 0 Å². The van der Waals surface area contributed by atoms with Crippen LogP contribution >= 0.6 is 0 Å². The summed E-state index contributed by atoms with van der Waals surface area (Å²) in [6.07, 6.45) is 0. The summed E-state index contributed by atoms with van der Waals surface area (Å²) in [5.74, 6) is 0. The maximum Gasteiger partial charge on any atom is 0.241 e. The number of ether oxygens (including phenoxy) is 1. The molecule has 0 radical (unpaired) electrons. The van der Waals surface area contributed by atoms with E-state index in [1.807, 2.05) is 64.1 Å². The van der Waals surface area contributed by atoms with E-state index in [9.17, 15) is 8.42 Å². The molecule has 2 aromatic carbocycles. The van der Waals surface area contributed by atoms with Gasteiger partial charge in [-0.3, -0.25) is 4.90 Å². The quantitative estimate of drug-likeness (QED) is 0.806. The standard InChI is InChI=1S/C22H30N2O3S/c1-16-5-7-20(8-6-16)21(15-24-9-11-27-12-10-24)23-28(25,26)22-18(3)13-17(2)14-19(22)4/h5-8,13-14,21,23H,9-12,15H2,1-4H3. The molecule has 6 heteroatoms. The van der Waals surface area contributed by atoms with Crippen molar-refractivity contribution in [3.63, 3.8) is 0 Å². The molecule has 1 unspecified atom stereocenters. The first-order valence-corrected chi connectivity index (χ1v) is 11.2. The van der Waals surface area contributed by atoms with Crippen LogP contribution in [0.3, 0.4) is 0 Å². The van der Waals surface area contributed by atoms with Crippen molar-refractivity contribution < 1.29 is 13.2 Å². The summed E-state index contributed by atoms with van der Waals surface area (Å²) >= 11 is 0. The van der Waals surface area contributed by atoms with Crippen LogP contribution in [0.1, 0.15) is 33.9 Å². The summed E-state index contributed by atoms with van der Waals surface area (Å²) in [7, 11) is -3.65. The van der Waals surface area contributed by atoms with Gasteiger partial charge in [0.25, 0.3) is 0 Å². The number of benzene rings is 2. The monoisotopic (exact) mass is 402 g/mol. The topological polar surface area (TPSA) is 58.6 Å². The second-order valence-corrected chi connectivity index (χ2v) is 9.38. The lowest BCUT2D eigenvalue weighted by Crippen LogP contribution is -2.43. The number of nitrogens with zero attached hydrogens (tertiary/aromatic N) is 1. The van der Waals surface area contributed by atoms with Gasteiger partial charge in [0, 0.05) is 19.6 Å². The second-order valence-electron chi connectivity index (χ2n) is 7.73. The Balaban J connectivity index is 1.92. The van der Waals surface area contributed by atoms with Crippen LogP contribution in [0.25, 0.3) is 0 Å².